The van der Waals surface area contributed by atoms with E-state index in [1.165, 1.54) is 17.0 Å². The Balaban J connectivity index is 1.80. The van der Waals surface area contributed by atoms with Crippen LogP contribution in [0.15, 0.2) is 34.0 Å². The molecule has 2 fully saturated rings. The maximum Gasteiger partial charge on any atom is 0.310 e. The van der Waals surface area contributed by atoms with Gasteiger partial charge in [-0.15, -0.1) is 0 Å². The Morgan fingerprint density at radius 1 is 1.27 bits per heavy atom. The van der Waals surface area contributed by atoms with E-state index in [-0.39, 0.29) is 42.3 Å². The Bertz CT molecular complexity index is 1460. The van der Waals surface area contributed by atoms with Crippen molar-refractivity contribution in [1.29, 1.82) is 5.26 Å². The van der Waals surface area contributed by atoms with Gasteiger partial charge in [-0.3, -0.25) is 23.9 Å². The van der Waals surface area contributed by atoms with Crippen LogP contribution in [0.5, 0.6) is 0 Å². The van der Waals surface area contributed by atoms with Gasteiger partial charge >= 0.3 is 5.97 Å². The number of esters is 1. The van der Waals surface area contributed by atoms with Crippen molar-refractivity contribution >= 4 is 52.1 Å². The van der Waals surface area contributed by atoms with Crippen LogP contribution in [-0.2, 0) is 27.4 Å². The molecule has 0 N–H and O–H groups in total. The fraction of sp³-hybridized carbons (Fsp3) is 0.414. The summed E-state index contributed by atoms with van der Waals surface area (Å²) >= 11 is 6.66. The van der Waals surface area contributed by atoms with E-state index in [4.69, 9.17) is 17.0 Å². The van der Waals surface area contributed by atoms with Crippen molar-refractivity contribution in [3.05, 3.63) is 67.6 Å². The van der Waals surface area contributed by atoms with Crippen LogP contribution in [0.2, 0.25) is 0 Å². The van der Waals surface area contributed by atoms with Crippen LogP contribution in [0.3, 0.4) is 0 Å². The Kier molecular flexibility index (Phi) is 9.43. The van der Waals surface area contributed by atoms with E-state index in [0.717, 1.165) is 23.7 Å². The minimum absolute atomic E-state index is 0.0178. The minimum atomic E-state index is -0.392. The van der Waals surface area contributed by atoms with E-state index in [9.17, 15) is 24.0 Å². The molecule has 2 aliphatic rings. The van der Waals surface area contributed by atoms with Gasteiger partial charge in [0.15, 0.2) is 0 Å². The monoisotopic (exact) mass is 582 g/mol. The first-order valence-corrected chi connectivity index (χ1v) is 14.5. The lowest BCUT2D eigenvalue weighted by Crippen LogP contribution is -2.43. The molecule has 2 aromatic rings. The van der Waals surface area contributed by atoms with Crippen molar-refractivity contribution in [1.82, 2.24) is 9.47 Å². The Labute approximate surface area is 242 Å². The highest BCUT2D eigenvalue weighted by Crippen LogP contribution is 2.37. The number of halogens is 1. The normalized spacial score (nSPS) is 18.4. The molecular weight excluding hydrogens is 551 g/mol. The van der Waals surface area contributed by atoms with E-state index in [1.807, 2.05) is 11.8 Å². The summed E-state index contributed by atoms with van der Waals surface area (Å²) in [4.78, 5) is 43.4. The molecule has 0 spiro atoms. The van der Waals surface area contributed by atoms with Crippen molar-refractivity contribution in [2.75, 3.05) is 24.6 Å². The van der Waals surface area contributed by atoms with Gasteiger partial charge in [-0.25, -0.2) is 4.39 Å². The number of amides is 1. The minimum Gasteiger partial charge on any atom is -0.466 e. The summed E-state index contributed by atoms with van der Waals surface area (Å²) in [5.41, 5.74) is 1.41. The molecule has 4 rings (SSSR count). The fourth-order valence-electron chi connectivity index (χ4n) is 5.08. The molecule has 3 heterocycles. The van der Waals surface area contributed by atoms with Gasteiger partial charge in [0.25, 0.3) is 11.5 Å². The molecule has 1 atom stereocenters. The van der Waals surface area contributed by atoms with E-state index >= 15 is 0 Å². The smallest absolute Gasteiger partial charge is 0.310 e. The highest BCUT2D eigenvalue weighted by molar-refractivity contribution is 8.26. The van der Waals surface area contributed by atoms with Crippen molar-refractivity contribution in [2.45, 2.75) is 53.1 Å². The summed E-state index contributed by atoms with van der Waals surface area (Å²) in [7, 11) is 0. The van der Waals surface area contributed by atoms with Crippen molar-refractivity contribution < 1.29 is 18.7 Å². The van der Waals surface area contributed by atoms with Gasteiger partial charge in [0, 0.05) is 25.2 Å². The quantitative estimate of drug-likeness (QED) is 0.250. The number of thioether (sulfide) groups is 1. The number of piperidine rings is 1. The largest absolute Gasteiger partial charge is 0.466 e. The molecule has 2 aliphatic heterocycles. The van der Waals surface area contributed by atoms with Crippen molar-refractivity contribution in [2.24, 2.45) is 5.92 Å². The number of benzene rings is 1. The number of ether oxygens (including phenoxy) is 1. The van der Waals surface area contributed by atoms with E-state index in [1.54, 1.807) is 36.6 Å². The summed E-state index contributed by atoms with van der Waals surface area (Å²) in [6, 6.07) is 7.94. The van der Waals surface area contributed by atoms with Crippen LogP contribution in [-0.4, -0.2) is 45.4 Å². The lowest BCUT2D eigenvalue weighted by atomic mass is 9.96. The molecule has 1 aromatic heterocycles. The molecule has 40 heavy (non-hydrogen) atoms. The fourth-order valence-corrected chi connectivity index (χ4v) is 6.31. The summed E-state index contributed by atoms with van der Waals surface area (Å²) < 4.78 is 20.6. The number of pyridine rings is 1. The lowest BCUT2D eigenvalue weighted by Gasteiger charge is -2.36. The predicted octanol–water partition coefficient (Wildman–Crippen LogP) is 4.76. The zero-order chi connectivity index (χ0) is 29.0. The van der Waals surface area contributed by atoms with Crippen LogP contribution in [0.1, 0.15) is 55.4 Å². The third-order valence-corrected chi connectivity index (χ3v) is 8.42. The average molecular weight is 583 g/mol. The Hall–Kier alpha value is -3.49. The molecule has 11 heteroatoms. The molecular formula is C29H31FN4O4S2. The maximum atomic E-state index is 13.5. The van der Waals surface area contributed by atoms with Crippen LogP contribution in [0, 0.1) is 30.0 Å². The predicted molar refractivity (Wildman–Crippen MR) is 157 cm³/mol. The number of nitrogens with zero attached hydrogens (tertiary/aromatic N) is 4. The van der Waals surface area contributed by atoms with Crippen LogP contribution < -0.4 is 10.5 Å². The number of rotatable bonds is 8. The Morgan fingerprint density at radius 3 is 2.65 bits per heavy atom. The van der Waals surface area contributed by atoms with Gasteiger partial charge < -0.3 is 9.64 Å². The number of anilines is 1. The second kappa shape index (κ2) is 12.8. The first kappa shape index (κ1) is 29.5. The first-order chi connectivity index (χ1) is 19.2. The number of aromatic nitrogens is 1. The highest BCUT2D eigenvalue weighted by atomic mass is 32.2. The summed E-state index contributed by atoms with van der Waals surface area (Å²) in [6.07, 6.45) is 3.76. The first-order valence-electron chi connectivity index (χ1n) is 13.3. The van der Waals surface area contributed by atoms with Crippen molar-refractivity contribution in [3.63, 3.8) is 0 Å². The molecule has 8 nitrogen and oxygen atoms in total. The molecule has 0 saturated carbocycles. The number of carbonyl (C=O) groups excluding carboxylic acids is 2. The lowest BCUT2D eigenvalue weighted by molar-refractivity contribution is -0.148. The number of nitriles is 1. The van der Waals surface area contributed by atoms with Gasteiger partial charge in [0.2, 0.25) is 0 Å². The zero-order valence-electron chi connectivity index (χ0n) is 22.7. The molecule has 0 aliphatic carbocycles. The topological polar surface area (TPSA) is 95.6 Å². The van der Waals surface area contributed by atoms with Gasteiger partial charge in [-0.05, 0) is 62.4 Å². The average Bonchev–Trinajstić information content (AvgIpc) is 3.20. The second-order valence-corrected chi connectivity index (χ2v) is 11.4. The van der Waals surface area contributed by atoms with Crippen LogP contribution in [0.25, 0.3) is 6.08 Å². The third-order valence-electron chi connectivity index (χ3n) is 7.04. The summed E-state index contributed by atoms with van der Waals surface area (Å²) in [5, 5.41) is 9.89. The third kappa shape index (κ3) is 5.98. The molecule has 210 valence electrons. The van der Waals surface area contributed by atoms with Crippen LogP contribution in [0.4, 0.5) is 10.2 Å². The summed E-state index contributed by atoms with van der Waals surface area (Å²) in [6.45, 7) is 7.24. The standard InChI is InChI=1S/C29H31FN4O4S2/c1-4-12-33-25(32-13-6-7-20(17-32)28(37)38-5-2)22(18(3)23(15-31)26(33)35)14-24-27(36)34(29(39)40-24)16-19-8-10-21(30)11-9-19/h8-11,14,20H,4-7,12-13,16-17H2,1-3H3. The second-order valence-electron chi connectivity index (χ2n) is 9.74. The molecule has 0 bridgehead atoms. The van der Waals surface area contributed by atoms with Gasteiger partial charge in [-0.1, -0.05) is 43.0 Å². The van der Waals surface area contributed by atoms with E-state index in [2.05, 4.69) is 6.07 Å². The van der Waals surface area contributed by atoms with Gasteiger partial charge in [0.1, 0.15) is 27.6 Å². The van der Waals surface area contributed by atoms with Gasteiger partial charge in [-0.2, -0.15) is 5.26 Å². The Morgan fingerprint density at radius 2 is 2.00 bits per heavy atom. The summed E-state index contributed by atoms with van der Waals surface area (Å²) in [5.74, 6) is -0.710. The molecule has 0 radical (unpaired) electrons. The van der Waals surface area contributed by atoms with Crippen LogP contribution >= 0.6 is 24.0 Å². The van der Waals surface area contributed by atoms with Gasteiger partial charge in [0.05, 0.1) is 24.0 Å². The SMILES string of the molecule is CCCn1c(N2CCCC(C(=O)OCC)C2)c(C=C2SC(=S)N(Cc3ccc(F)cc3)C2=O)c(C)c(C#N)c1=O. The number of thiocarbonyl (C=S) groups is 1. The highest BCUT2D eigenvalue weighted by Gasteiger charge is 2.35. The zero-order valence-corrected chi connectivity index (χ0v) is 24.4. The molecule has 1 amide bonds. The number of hydrogen-bond donors (Lipinski definition) is 0. The number of hydrogen-bond acceptors (Lipinski definition) is 8. The van der Waals surface area contributed by atoms with Crippen molar-refractivity contribution in [3.8, 4) is 6.07 Å². The molecule has 1 aromatic carbocycles. The van der Waals surface area contributed by atoms with E-state index < -0.39 is 5.56 Å². The molecule has 2 saturated heterocycles. The molecule has 1 unspecified atom stereocenters. The van der Waals surface area contributed by atoms with E-state index in [0.29, 0.717) is 58.6 Å². The number of carbonyl (C=O) groups is 2. The maximum absolute atomic E-state index is 13.5.